The van der Waals surface area contributed by atoms with Crippen molar-refractivity contribution in [3.63, 3.8) is 0 Å². The Morgan fingerprint density at radius 1 is 1.69 bits per heavy atom. The van der Waals surface area contributed by atoms with E-state index in [2.05, 4.69) is 27.0 Å². The summed E-state index contributed by atoms with van der Waals surface area (Å²) in [7, 11) is 0. The predicted octanol–water partition coefficient (Wildman–Crippen LogP) is 0.765. The van der Waals surface area contributed by atoms with Gasteiger partial charge in [0, 0.05) is 19.0 Å². The lowest BCUT2D eigenvalue weighted by Gasteiger charge is -2.09. The fourth-order valence-corrected chi connectivity index (χ4v) is 1.87. The van der Waals surface area contributed by atoms with Crippen molar-refractivity contribution in [1.29, 1.82) is 0 Å². The standard InChI is InChI=1S/C9H16N4/c1-2-5-13-7-11-12-9(13)8-3-4-10-6-8/h7-8,10H,2-6H2,1H3. The maximum absolute atomic E-state index is 4.19. The highest BCUT2D eigenvalue weighted by molar-refractivity contribution is 5.00. The summed E-state index contributed by atoms with van der Waals surface area (Å²) in [4.78, 5) is 0. The molecule has 1 N–H and O–H groups in total. The molecule has 0 aromatic carbocycles. The summed E-state index contributed by atoms with van der Waals surface area (Å²) in [5.74, 6) is 1.74. The van der Waals surface area contributed by atoms with Gasteiger partial charge in [-0.15, -0.1) is 10.2 Å². The number of nitrogens with one attached hydrogen (secondary N) is 1. The molecule has 1 aromatic rings. The lowest BCUT2D eigenvalue weighted by molar-refractivity contribution is 0.589. The van der Waals surface area contributed by atoms with Crippen LogP contribution in [-0.4, -0.2) is 27.9 Å². The minimum Gasteiger partial charge on any atom is -0.317 e. The molecular formula is C9H16N4. The average Bonchev–Trinajstić information content (AvgIpc) is 2.71. The third kappa shape index (κ3) is 1.72. The SMILES string of the molecule is CCCn1cnnc1C1CCNC1. The van der Waals surface area contributed by atoms with Gasteiger partial charge in [0.05, 0.1) is 0 Å². The molecule has 0 radical (unpaired) electrons. The van der Waals surface area contributed by atoms with Crippen LogP contribution >= 0.6 is 0 Å². The third-order valence-corrected chi connectivity index (χ3v) is 2.54. The van der Waals surface area contributed by atoms with E-state index >= 15 is 0 Å². The molecule has 4 heteroatoms. The van der Waals surface area contributed by atoms with Gasteiger partial charge in [0.2, 0.25) is 0 Å². The summed E-state index contributed by atoms with van der Waals surface area (Å²) in [5.41, 5.74) is 0. The van der Waals surface area contributed by atoms with E-state index in [1.807, 2.05) is 6.33 Å². The molecule has 1 aromatic heterocycles. The van der Waals surface area contributed by atoms with Gasteiger partial charge in [-0.05, 0) is 19.4 Å². The van der Waals surface area contributed by atoms with Crippen LogP contribution in [0.3, 0.4) is 0 Å². The molecule has 1 saturated heterocycles. The zero-order valence-electron chi connectivity index (χ0n) is 8.03. The molecule has 0 amide bonds. The molecule has 1 atom stereocenters. The van der Waals surface area contributed by atoms with Crippen LogP contribution < -0.4 is 5.32 Å². The first-order valence-corrected chi connectivity index (χ1v) is 5.00. The van der Waals surface area contributed by atoms with Gasteiger partial charge in [-0.1, -0.05) is 6.92 Å². The van der Waals surface area contributed by atoms with Crippen molar-refractivity contribution < 1.29 is 0 Å². The van der Waals surface area contributed by atoms with Crippen molar-refractivity contribution in [2.24, 2.45) is 0 Å². The minimum atomic E-state index is 0.578. The number of hydrogen-bond donors (Lipinski definition) is 1. The largest absolute Gasteiger partial charge is 0.317 e. The van der Waals surface area contributed by atoms with Gasteiger partial charge in [-0.3, -0.25) is 0 Å². The predicted molar refractivity (Wildman–Crippen MR) is 50.5 cm³/mol. The Morgan fingerprint density at radius 2 is 2.62 bits per heavy atom. The van der Waals surface area contributed by atoms with Crippen LogP contribution in [-0.2, 0) is 6.54 Å². The van der Waals surface area contributed by atoms with E-state index < -0.39 is 0 Å². The molecule has 72 valence electrons. The van der Waals surface area contributed by atoms with Crippen molar-refractivity contribution in [3.05, 3.63) is 12.2 Å². The Balaban J connectivity index is 2.13. The first kappa shape index (κ1) is 8.69. The molecule has 2 rings (SSSR count). The molecule has 1 aliphatic rings. The van der Waals surface area contributed by atoms with Crippen molar-refractivity contribution in [2.75, 3.05) is 13.1 Å². The maximum Gasteiger partial charge on any atom is 0.137 e. The van der Waals surface area contributed by atoms with Crippen molar-refractivity contribution in [1.82, 2.24) is 20.1 Å². The van der Waals surface area contributed by atoms with E-state index in [1.54, 1.807) is 0 Å². The van der Waals surface area contributed by atoms with Crippen molar-refractivity contribution in [2.45, 2.75) is 32.2 Å². The highest BCUT2D eigenvalue weighted by Gasteiger charge is 2.21. The molecule has 1 aliphatic heterocycles. The fourth-order valence-electron chi connectivity index (χ4n) is 1.87. The van der Waals surface area contributed by atoms with Gasteiger partial charge in [-0.2, -0.15) is 0 Å². The second-order valence-corrected chi connectivity index (χ2v) is 3.57. The zero-order chi connectivity index (χ0) is 9.10. The normalized spacial score (nSPS) is 22.4. The van der Waals surface area contributed by atoms with Crippen LogP contribution in [0.2, 0.25) is 0 Å². The van der Waals surface area contributed by atoms with Gasteiger partial charge in [0.1, 0.15) is 12.2 Å². The number of aromatic nitrogens is 3. The van der Waals surface area contributed by atoms with E-state index in [0.29, 0.717) is 5.92 Å². The third-order valence-electron chi connectivity index (χ3n) is 2.54. The molecular weight excluding hydrogens is 164 g/mol. The summed E-state index contributed by atoms with van der Waals surface area (Å²) in [6.45, 7) is 5.39. The summed E-state index contributed by atoms with van der Waals surface area (Å²) < 4.78 is 2.18. The average molecular weight is 180 g/mol. The second kappa shape index (κ2) is 3.87. The van der Waals surface area contributed by atoms with Crippen LogP contribution in [0.5, 0.6) is 0 Å². The van der Waals surface area contributed by atoms with E-state index in [9.17, 15) is 0 Å². The first-order valence-electron chi connectivity index (χ1n) is 5.00. The molecule has 1 fully saturated rings. The summed E-state index contributed by atoms with van der Waals surface area (Å²) in [5, 5.41) is 11.5. The van der Waals surface area contributed by atoms with Crippen molar-refractivity contribution >= 4 is 0 Å². The Kier molecular flexibility index (Phi) is 2.59. The number of aryl methyl sites for hydroxylation is 1. The summed E-state index contributed by atoms with van der Waals surface area (Å²) >= 11 is 0. The van der Waals surface area contributed by atoms with Crippen LogP contribution in [0.15, 0.2) is 6.33 Å². The summed E-state index contributed by atoms with van der Waals surface area (Å²) in [6, 6.07) is 0. The van der Waals surface area contributed by atoms with E-state index in [-0.39, 0.29) is 0 Å². The summed E-state index contributed by atoms with van der Waals surface area (Å²) in [6.07, 6.45) is 4.19. The van der Waals surface area contributed by atoms with Crippen LogP contribution in [0, 0.1) is 0 Å². The fraction of sp³-hybridized carbons (Fsp3) is 0.778. The van der Waals surface area contributed by atoms with Gasteiger partial charge in [-0.25, -0.2) is 0 Å². The quantitative estimate of drug-likeness (QED) is 0.747. The Bertz CT molecular complexity index is 262. The number of hydrogen-bond acceptors (Lipinski definition) is 3. The first-order chi connectivity index (χ1) is 6.42. The van der Waals surface area contributed by atoms with Crippen LogP contribution in [0.4, 0.5) is 0 Å². The molecule has 2 heterocycles. The van der Waals surface area contributed by atoms with Gasteiger partial charge >= 0.3 is 0 Å². The molecule has 0 aliphatic carbocycles. The minimum absolute atomic E-state index is 0.578. The zero-order valence-corrected chi connectivity index (χ0v) is 8.03. The van der Waals surface area contributed by atoms with Gasteiger partial charge in [0.25, 0.3) is 0 Å². The molecule has 13 heavy (non-hydrogen) atoms. The molecule has 0 spiro atoms. The maximum atomic E-state index is 4.19. The van der Waals surface area contributed by atoms with E-state index in [1.165, 1.54) is 6.42 Å². The lowest BCUT2D eigenvalue weighted by Crippen LogP contribution is -2.12. The van der Waals surface area contributed by atoms with Crippen LogP contribution in [0.25, 0.3) is 0 Å². The molecule has 0 bridgehead atoms. The highest BCUT2D eigenvalue weighted by Crippen LogP contribution is 2.19. The molecule has 4 nitrogen and oxygen atoms in total. The smallest absolute Gasteiger partial charge is 0.137 e. The number of rotatable bonds is 3. The highest BCUT2D eigenvalue weighted by atomic mass is 15.3. The van der Waals surface area contributed by atoms with E-state index in [0.717, 1.165) is 31.9 Å². The topological polar surface area (TPSA) is 42.7 Å². The molecule has 0 saturated carbocycles. The Morgan fingerprint density at radius 3 is 3.31 bits per heavy atom. The van der Waals surface area contributed by atoms with Gasteiger partial charge < -0.3 is 9.88 Å². The number of nitrogens with zero attached hydrogens (tertiary/aromatic N) is 3. The molecule has 1 unspecified atom stereocenters. The Labute approximate surface area is 78.4 Å². The lowest BCUT2D eigenvalue weighted by atomic mass is 10.1. The Hall–Kier alpha value is -0.900. The second-order valence-electron chi connectivity index (χ2n) is 3.57. The monoisotopic (exact) mass is 180 g/mol. The van der Waals surface area contributed by atoms with Crippen LogP contribution in [0.1, 0.15) is 31.5 Å². The van der Waals surface area contributed by atoms with Gasteiger partial charge in [0.15, 0.2) is 0 Å². The van der Waals surface area contributed by atoms with E-state index in [4.69, 9.17) is 0 Å². The van der Waals surface area contributed by atoms with Crippen molar-refractivity contribution in [3.8, 4) is 0 Å².